The van der Waals surface area contributed by atoms with Crippen LogP contribution in [0, 0.1) is 0 Å². The fourth-order valence-electron chi connectivity index (χ4n) is 5.55. The lowest BCUT2D eigenvalue weighted by Crippen LogP contribution is -2.60. The number of hydrogen-bond donors (Lipinski definition) is 4. The third kappa shape index (κ3) is 22.5. The van der Waals surface area contributed by atoms with Crippen LogP contribution in [0.4, 0.5) is 0 Å². The summed E-state index contributed by atoms with van der Waals surface area (Å²) >= 11 is 0. The molecule has 12 nitrogen and oxygen atoms in total. The second-order valence-corrected chi connectivity index (χ2v) is 13.9. The molecule has 6 unspecified atom stereocenters. The van der Waals surface area contributed by atoms with Crippen LogP contribution in [0.1, 0.15) is 142 Å². The van der Waals surface area contributed by atoms with Crippen molar-refractivity contribution in [2.24, 2.45) is 0 Å². The number of aliphatic hydroxyl groups is 3. The van der Waals surface area contributed by atoms with E-state index >= 15 is 0 Å². The first-order valence-corrected chi connectivity index (χ1v) is 19.8. The minimum atomic E-state index is -5.05. The maximum atomic E-state index is 12.7. The van der Waals surface area contributed by atoms with Gasteiger partial charge < -0.3 is 34.3 Å². The van der Waals surface area contributed by atoms with Gasteiger partial charge in [-0.15, -0.1) is 0 Å². The largest absolute Gasteiger partial charge is 0.457 e. The smallest absolute Gasteiger partial charge is 0.397 e. The van der Waals surface area contributed by atoms with E-state index in [0.29, 0.717) is 13.0 Å². The maximum Gasteiger partial charge on any atom is 0.397 e. The number of esters is 1. The Morgan fingerprint density at radius 2 is 1.31 bits per heavy atom. The molecule has 1 aliphatic heterocycles. The van der Waals surface area contributed by atoms with Crippen molar-refractivity contribution in [1.82, 2.24) is 0 Å². The van der Waals surface area contributed by atoms with Gasteiger partial charge in [-0.1, -0.05) is 109 Å². The second-order valence-electron chi connectivity index (χ2n) is 12.8. The molecular weight excluding hydrogens is 644 g/mol. The van der Waals surface area contributed by atoms with Gasteiger partial charge in [0.25, 0.3) is 0 Å². The van der Waals surface area contributed by atoms with Crippen LogP contribution in [0.2, 0.25) is 0 Å². The molecule has 0 aromatic rings. The summed E-state index contributed by atoms with van der Waals surface area (Å²) in [6, 6.07) is 0. The Hall–Kier alpha value is -1.16. The van der Waals surface area contributed by atoms with Gasteiger partial charge in [0, 0.05) is 13.0 Å². The van der Waals surface area contributed by atoms with E-state index in [1.165, 1.54) is 70.6 Å². The molecule has 1 aliphatic rings. The van der Waals surface area contributed by atoms with Crippen molar-refractivity contribution in [1.29, 1.82) is 0 Å². The molecule has 0 saturated carbocycles. The van der Waals surface area contributed by atoms with Crippen molar-refractivity contribution in [3.63, 3.8) is 0 Å². The number of aliphatic hydroxyl groups excluding tert-OH is 3. The molecule has 0 amide bonds. The molecule has 0 spiro atoms. The van der Waals surface area contributed by atoms with Crippen molar-refractivity contribution < 1.29 is 56.2 Å². The highest BCUT2D eigenvalue weighted by molar-refractivity contribution is 7.80. The first-order chi connectivity index (χ1) is 23.1. The Kier molecular flexibility index (Phi) is 26.7. The van der Waals surface area contributed by atoms with E-state index in [1.807, 2.05) is 0 Å². The second kappa shape index (κ2) is 28.5. The maximum absolute atomic E-state index is 12.7. The quantitative estimate of drug-likeness (QED) is 0.0288. The molecule has 13 heteroatoms. The lowest BCUT2D eigenvalue weighted by Gasteiger charge is -2.41. The highest BCUT2D eigenvalue weighted by Crippen LogP contribution is 2.26. The zero-order valence-corrected chi connectivity index (χ0v) is 30.4. The minimum absolute atomic E-state index is 0.0353. The van der Waals surface area contributed by atoms with E-state index in [2.05, 4.69) is 30.2 Å². The average Bonchev–Trinajstić information content (AvgIpc) is 3.05. The highest BCUT2D eigenvalue weighted by Gasteiger charge is 2.48. The lowest BCUT2D eigenvalue weighted by atomic mass is 9.99. The van der Waals surface area contributed by atoms with Gasteiger partial charge in [-0.3, -0.25) is 9.35 Å². The molecule has 0 radical (unpaired) electrons. The number of rotatable bonds is 31. The summed E-state index contributed by atoms with van der Waals surface area (Å²) in [7, 11) is -5.05. The first-order valence-electron chi connectivity index (χ1n) is 18.4. The molecule has 1 fully saturated rings. The van der Waals surface area contributed by atoms with Crippen molar-refractivity contribution in [3.8, 4) is 0 Å². The van der Waals surface area contributed by atoms with E-state index < -0.39 is 59.8 Å². The fraction of sp³-hybridized carbons (Fsp3) is 0.914. The summed E-state index contributed by atoms with van der Waals surface area (Å²) in [4.78, 5) is 12.7. The van der Waals surface area contributed by atoms with Gasteiger partial charge >= 0.3 is 16.4 Å². The van der Waals surface area contributed by atoms with Gasteiger partial charge in [0.05, 0.1) is 19.8 Å². The Bertz CT molecular complexity index is 915. The molecule has 0 aromatic heterocycles. The van der Waals surface area contributed by atoms with E-state index in [9.17, 15) is 28.5 Å². The van der Waals surface area contributed by atoms with Crippen LogP contribution in [0.5, 0.6) is 0 Å². The van der Waals surface area contributed by atoms with Crippen molar-refractivity contribution in [2.75, 3.05) is 26.4 Å². The topological polar surface area (TPSA) is 178 Å². The van der Waals surface area contributed by atoms with Crippen LogP contribution in [0.25, 0.3) is 0 Å². The van der Waals surface area contributed by atoms with E-state index in [1.54, 1.807) is 0 Å². The minimum Gasteiger partial charge on any atom is -0.457 e. The zero-order valence-electron chi connectivity index (χ0n) is 29.6. The summed E-state index contributed by atoms with van der Waals surface area (Å²) in [5.74, 6) is -0.407. The SMILES string of the molecule is CCCCC/C=C\CCCCCCCCOCC(COC1OC(CO)C(O)C(OS(=O)(=O)O)C1O)OC(=O)CCCCCCCCCC. The van der Waals surface area contributed by atoms with Crippen LogP contribution in [0.3, 0.4) is 0 Å². The predicted molar refractivity (Wildman–Crippen MR) is 184 cm³/mol. The van der Waals surface area contributed by atoms with E-state index in [4.69, 9.17) is 23.5 Å². The molecule has 0 aliphatic carbocycles. The monoisotopic (exact) mass is 710 g/mol. The van der Waals surface area contributed by atoms with Crippen LogP contribution in [-0.2, 0) is 38.3 Å². The number of allylic oxidation sites excluding steroid dienone is 2. The predicted octanol–water partition coefficient (Wildman–Crippen LogP) is 5.96. The Labute approximate surface area is 289 Å². The molecule has 0 aromatic carbocycles. The molecule has 1 saturated heterocycles. The number of hydrogen-bond acceptors (Lipinski definition) is 11. The van der Waals surface area contributed by atoms with Crippen LogP contribution >= 0.6 is 0 Å². The molecule has 0 bridgehead atoms. The van der Waals surface area contributed by atoms with E-state index in [-0.39, 0.29) is 19.6 Å². The number of carbonyl (C=O) groups is 1. The zero-order chi connectivity index (χ0) is 35.5. The molecule has 6 atom stereocenters. The molecular formula is C35H66O12S. The van der Waals surface area contributed by atoms with Gasteiger partial charge in [0.15, 0.2) is 6.29 Å². The number of unbranched alkanes of at least 4 members (excludes halogenated alkanes) is 16. The van der Waals surface area contributed by atoms with Crippen LogP contribution < -0.4 is 0 Å². The van der Waals surface area contributed by atoms with Crippen molar-refractivity contribution >= 4 is 16.4 Å². The third-order valence-corrected chi connectivity index (χ3v) is 8.85. The lowest BCUT2D eigenvalue weighted by molar-refractivity contribution is -0.301. The van der Waals surface area contributed by atoms with E-state index in [0.717, 1.165) is 44.9 Å². The van der Waals surface area contributed by atoms with Crippen molar-refractivity contribution in [3.05, 3.63) is 12.2 Å². The summed E-state index contributed by atoms with van der Waals surface area (Å²) < 4.78 is 58.6. The Morgan fingerprint density at radius 3 is 1.92 bits per heavy atom. The third-order valence-electron chi connectivity index (χ3n) is 8.39. The van der Waals surface area contributed by atoms with Gasteiger partial charge in [-0.05, 0) is 38.5 Å². The van der Waals surface area contributed by atoms with Gasteiger partial charge in [0.2, 0.25) is 0 Å². The summed E-state index contributed by atoms with van der Waals surface area (Å²) in [5, 5.41) is 30.4. The molecule has 1 heterocycles. The first kappa shape index (κ1) is 44.9. The summed E-state index contributed by atoms with van der Waals surface area (Å²) in [5.41, 5.74) is 0. The molecule has 4 N–H and O–H groups in total. The number of carbonyl (C=O) groups excluding carboxylic acids is 1. The standard InChI is InChI=1S/C35H66O12S/c1-3-5-7-9-11-13-14-15-16-17-19-21-23-25-43-27-29(45-31(37)24-22-20-18-12-10-8-6-4-2)28-44-35-33(39)34(47-48(40,41)42)32(38)30(26-36)46-35/h11,13,29-30,32-36,38-39H,3-10,12,14-28H2,1-2H3,(H,40,41,42)/b13-11-. The normalized spacial score (nSPS) is 22.3. The van der Waals surface area contributed by atoms with Gasteiger partial charge in [0.1, 0.15) is 30.5 Å². The van der Waals surface area contributed by atoms with Crippen molar-refractivity contribution in [2.45, 2.75) is 179 Å². The number of ether oxygens (including phenoxy) is 4. The molecule has 284 valence electrons. The Balaban J connectivity index is 2.52. The Morgan fingerprint density at radius 1 is 0.771 bits per heavy atom. The highest BCUT2D eigenvalue weighted by atomic mass is 32.3. The van der Waals surface area contributed by atoms with Gasteiger partial charge in [-0.2, -0.15) is 8.42 Å². The van der Waals surface area contributed by atoms with Crippen LogP contribution in [-0.4, -0.2) is 97.5 Å². The average molecular weight is 711 g/mol. The summed E-state index contributed by atoms with van der Waals surface area (Å²) in [6.07, 6.45) is 17.0. The van der Waals surface area contributed by atoms with Gasteiger partial charge in [-0.25, -0.2) is 4.18 Å². The van der Waals surface area contributed by atoms with Crippen LogP contribution in [0.15, 0.2) is 12.2 Å². The molecule has 1 rings (SSSR count). The molecule has 48 heavy (non-hydrogen) atoms. The summed E-state index contributed by atoms with van der Waals surface area (Å²) in [6.45, 7) is 3.89. The fourth-order valence-corrected chi connectivity index (χ4v) is 6.06.